The van der Waals surface area contributed by atoms with Gasteiger partial charge >= 0.3 is 0 Å². The molecule has 2 aromatic rings. The Kier molecular flexibility index (Phi) is 5.08. The molecule has 0 unspecified atom stereocenters. The van der Waals surface area contributed by atoms with Gasteiger partial charge in [0, 0.05) is 25.3 Å². The first kappa shape index (κ1) is 16.4. The fourth-order valence-electron chi connectivity index (χ4n) is 2.88. The predicted molar refractivity (Wildman–Crippen MR) is 95.2 cm³/mol. The highest BCUT2D eigenvalue weighted by atomic mass is 16.1. The van der Waals surface area contributed by atoms with Crippen LogP contribution in [-0.4, -0.2) is 29.0 Å². The van der Waals surface area contributed by atoms with Crippen molar-refractivity contribution < 1.29 is 4.79 Å². The number of carbonyl (C=O) groups is 1. The van der Waals surface area contributed by atoms with E-state index < -0.39 is 0 Å². The highest BCUT2D eigenvalue weighted by molar-refractivity contribution is 5.92. The minimum Gasteiger partial charge on any atom is -0.347 e. The Balaban J connectivity index is 1.69. The molecule has 1 aliphatic rings. The van der Waals surface area contributed by atoms with Gasteiger partial charge in [0.2, 0.25) is 5.95 Å². The Labute approximate surface area is 143 Å². The SMILES string of the molecule is Cc1ccc(CNC(=O)c2cc(C)nc(N3CCCCC3)n2)cc1. The maximum absolute atomic E-state index is 12.5. The van der Waals surface area contributed by atoms with Crippen molar-refractivity contribution >= 4 is 11.9 Å². The summed E-state index contributed by atoms with van der Waals surface area (Å²) < 4.78 is 0. The summed E-state index contributed by atoms with van der Waals surface area (Å²) in [5.41, 5.74) is 3.56. The Hall–Kier alpha value is -2.43. The van der Waals surface area contributed by atoms with E-state index in [0.717, 1.165) is 37.2 Å². The second-order valence-corrected chi connectivity index (χ2v) is 6.41. The van der Waals surface area contributed by atoms with Gasteiger partial charge in [-0.2, -0.15) is 0 Å². The number of carbonyl (C=O) groups excluding carboxylic acids is 1. The first-order valence-corrected chi connectivity index (χ1v) is 8.56. The van der Waals surface area contributed by atoms with Gasteiger partial charge in [-0.15, -0.1) is 0 Å². The summed E-state index contributed by atoms with van der Waals surface area (Å²) in [5, 5.41) is 2.94. The van der Waals surface area contributed by atoms with E-state index in [1.807, 2.05) is 38.1 Å². The molecule has 24 heavy (non-hydrogen) atoms. The third-order valence-electron chi connectivity index (χ3n) is 4.29. The van der Waals surface area contributed by atoms with Gasteiger partial charge < -0.3 is 10.2 Å². The van der Waals surface area contributed by atoms with Crippen molar-refractivity contribution in [1.82, 2.24) is 15.3 Å². The number of anilines is 1. The summed E-state index contributed by atoms with van der Waals surface area (Å²) in [6.07, 6.45) is 3.57. The molecule has 0 bridgehead atoms. The summed E-state index contributed by atoms with van der Waals surface area (Å²) >= 11 is 0. The van der Waals surface area contributed by atoms with Crippen LogP contribution in [0.4, 0.5) is 5.95 Å². The van der Waals surface area contributed by atoms with E-state index in [-0.39, 0.29) is 5.91 Å². The standard InChI is InChI=1S/C19H24N4O/c1-14-6-8-16(9-7-14)13-20-18(24)17-12-15(2)21-19(22-17)23-10-4-3-5-11-23/h6-9,12H,3-5,10-11,13H2,1-2H3,(H,20,24). The molecule has 126 valence electrons. The van der Waals surface area contributed by atoms with Crippen LogP contribution in [0.25, 0.3) is 0 Å². The molecule has 1 saturated heterocycles. The molecule has 1 amide bonds. The summed E-state index contributed by atoms with van der Waals surface area (Å²) in [6, 6.07) is 9.90. The van der Waals surface area contributed by atoms with E-state index in [1.54, 1.807) is 6.07 Å². The van der Waals surface area contributed by atoms with Crippen LogP contribution < -0.4 is 10.2 Å². The summed E-state index contributed by atoms with van der Waals surface area (Å²) in [6.45, 7) is 6.39. The summed E-state index contributed by atoms with van der Waals surface area (Å²) in [4.78, 5) is 23.6. The molecule has 0 spiro atoms. The van der Waals surface area contributed by atoms with Crippen molar-refractivity contribution in [1.29, 1.82) is 0 Å². The number of aromatic nitrogens is 2. The summed E-state index contributed by atoms with van der Waals surface area (Å²) in [7, 11) is 0. The predicted octanol–water partition coefficient (Wildman–Crippen LogP) is 3.01. The van der Waals surface area contributed by atoms with Gasteiger partial charge in [0.25, 0.3) is 5.91 Å². The number of nitrogens with zero attached hydrogens (tertiary/aromatic N) is 3. The average Bonchev–Trinajstić information content (AvgIpc) is 2.61. The van der Waals surface area contributed by atoms with E-state index in [1.165, 1.54) is 12.0 Å². The second-order valence-electron chi connectivity index (χ2n) is 6.41. The second kappa shape index (κ2) is 7.43. The molecule has 1 fully saturated rings. The maximum Gasteiger partial charge on any atom is 0.270 e. The Bertz CT molecular complexity index is 706. The number of benzene rings is 1. The smallest absolute Gasteiger partial charge is 0.270 e. The third-order valence-corrected chi connectivity index (χ3v) is 4.29. The van der Waals surface area contributed by atoms with Crippen LogP contribution in [0.2, 0.25) is 0 Å². The van der Waals surface area contributed by atoms with E-state index >= 15 is 0 Å². The number of aryl methyl sites for hydroxylation is 2. The van der Waals surface area contributed by atoms with Crippen molar-refractivity contribution in [3.63, 3.8) is 0 Å². The highest BCUT2D eigenvalue weighted by Crippen LogP contribution is 2.16. The van der Waals surface area contributed by atoms with Gasteiger partial charge in [-0.05, 0) is 44.7 Å². The van der Waals surface area contributed by atoms with Crippen molar-refractivity contribution in [2.24, 2.45) is 0 Å². The molecule has 1 N–H and O–H groups in total. The van der Waals surface area contributed by atoms with Gasteiger partial charge in [-0.1, -0.05) is 29.8 Å². The lowest BCUT2D eigenvalue weighted by Crippen LogP contribution is -2.32. The van der Waals surface area contributed by atoms with Crippen LogP contribution in [0.3, 0.4) is 0 Å². The number of rotatable bonds is 4. The molecule has 1 aromatic carbocycles. The van der Waals surface area contributed by atoms with E-state index in [0.29, 0.717) is 18.2 Å². The van der Waals surface area contributed by atoms with Crippen molar-refractivity contribution in [2.45, 2.75) is 39.7 Å². The molecule has 0 atom stereocenters. The van der Waals surface area contributed by atoms with Gasteiger partial charge in [0.05, 0.1) is 0 Å². The molecule has 5 nitrogen and oxygen atoms in total. The highest BCUT2D eigenvalue weighted by Gasteiger charge is 2.17. The fraction of sp³-hybridized carbons (Fsp3) is 0.421. The van der Waals surface area contributed by atoms with Gasteiger partial charge in [0.1, 0.15) is 5.69 Å². The zero-order valence-electron chi connectivity index (χ0n) is 14.4. The minimum absolute atomic E-state index is 0.153. The van der Waals surface area contributed by atoms with Crippen LogP contribution in [0, 0.1) is 13.8 Å². The number of hydrogen-bond acceptors (Lipinski definition) is 4. The molecular formula is C19H24N4O. The first-order chi connectivity index (χ1) is 11.6. The maximum atomic E-state index is 12.5. The monoisotopic (exact) mass is 324 g/mol. The van der Waals surface area contributed by atoms with Crippen molar-refractivity contribution in [2.75, 3.05) is 18.0 Å². The first-order valence-electron chi connectivity index (χ1n) is 8.56. The normalized spacial score (nSPS) is 14.5. The largest absolute Gasteiger partial charge is 0.347 e. The lowest BCUT2D eigenvalue weighted by Gasteiger charge is -2.27. The fourth-order valence-corrected chi connectivity index (χ4v) is 2.88. The Morgan fingerprint density at radius 1 is 1.08 bits per heavy atom. The average molecular weight is 324 g/mol. The van der Waals surface area contributed by atoms with Gasteiger partial charge in [-0.3, -0.25) is 4.79 Å². The van der Waals surface area contributed by atoms with E-state index in [4.69, 9.17) is 0 Å². The lowest BCUT2D eigenvalue weighted by atomic mass is 10.1. The van der Waals surface area contributed by atoms with Crippen LogP contribution in [0.5, 0.6) is 0 Å². The van der Waals surface area contributed by atoms with Crippen molar-refractivity contribution in [3.05, 3.63) is 52.8 Å². The molecule has 0 saturated carbocycles. The number of piperidine rings is 1. The molecule has 5 heteroatoms. The molecule has 1 aliphatic heterocycles. The zero-order chi connectivity index (χ0) is 16.9. The number of amides is 1. The van der Waals surface area contributed by atoms with Gasteiger partial charge in [-0.25, -0.2) is 9.97 Å². The lowest BCUT2D eigenvalue weighted by molar-refractivity contribution is 0.0945. The molecule has 2 heterocycles. The number of nitrogens with one attached hydrogen (secondary N) is 1. The van der Waals surface area contributed by atoms with E-state index in [2.05, 4.69) is 20.2 Å². The van der Waals surface area contributed by atoms with Crippen molar-refractivity contribution in [3.8, 4) is 0 Å². The minimum atomic E-state index is -0.153. The molecule has 0 aliphatic carbocycles. The molecule has 3 rings (SSSR count). The number of hydrogen-bond donors (Lipinski definition) is 1. The van der Waals surface area contributed by atoms with Crippen LogP contribution >= 0.6 is 0 Å². The third kappa shape index (κ3) is 4.10. The quantitative estimate of drug-likeness (QED) is 0.939. The van der Waals surface area contributed by atoms with Crippen LogP contribution in [0.1, 0.15) is 46.6 Å². The van der Waals surface area contributed by atoms with Gasteiger partial charge in [0.15, 0.2) is 0 Å². The summed E-state index contributed by atoms with van der Waals surface area (Å²) in [5.74, 6) is 0.523. The molecule has 0 radical (unpaired) electrons. The topological polar surface area (TPSA) is 58.1 Å². The van der Waals surface area contributed by atoms with Crippen LogP contribution in [-0.2, 0) is 6.54 Å². The Morgan fingerprint density at radius 2 is 1.79 bits per heavy atom. The van der Waals surface area contributed by atoms with E-state index in [9.17, 15) is 4.79 Å². The Morgan fingerprint density at radius 3 is 2.50 bits per heavy atom. The molecule has 1 aromatic heterocycles. The molecular weight excluding hydrogens is 300 g/mol. The van der Waals surface area contributed by atoms with Crippen LogP contribution in [0.15, 0.2) is 30.3 Å². The zero-order valence-corrected chi connectivity index (χ0v) is 14.4.